The average molecular weight is 238 g/mol. The molecule has 0 aromatic carbocycles. The van der Waals surface area contributed by atoms with Crippen molar-refractivity contribution >= 4 is 11.8 Å². The van der Waals surface area contributed by atoms with Gasteiger partial charge in [0.05, 0.1) is 0 Å². The van der Waals surface area contributed by atoms with Crippen molar-refractivity contribution in [1.82, 2.24) is 9.80 Å². The molecule has 0 N–H and O–H groups in total. The van der Waals surface area contributed by atoms with Crippen molar-refractivity contribution in [2.45, 2.75) is 58.7 Å². The molecule has 0 saturated carbocycles. The summed E-state index contributed by atoms with van der Waals surface area (Å²) in [5.41, 5.74) is 0. The summed E-state index contributed by atoms with van der Waals surface area (Å²) in [6.07, 6.45) is 1.79. The molecule has 2 fully saturated rings. The molecule has 0 radical (unpaired) electrons. The van der Waals surface area contributed by atoms with Gasteiger partial charge in [0.1, 0.15) is 12.1 Å². The lowest BCUT2D eigenvalue weighted by Gasteiger charge is -2.45. The van der Waals surface area contributed by atoms with E-state index in [1.807, 2.05) is 27.7 Å². The van der Waals surface area contributed by atoms with Gasteiger partial charge < -0.3 is 9.80 Å². The largest absolute Gasteiger partial charge is 0.329 e. The molecule has 2 heterocycles. The predicted octanol–water partition coefficient (Wildman–Crippen LogP) is 1.25. The van der Waals surface area contributed by atoms with Crippen LogP contribution in [-0.4, -0.2) is 46.3 Å². The molecule has 0 spiro atoms. The van der Waals surface area contributed by atoms with Crippen LogP contribution in [0, 0.1) is 5.92 Å². The third-order valence-corrected chi connectivity index (χ3v) is 3.82. The van der Waals surface area contributed by atoms with Crippen LogP contribution in [0.5, 0.6) is 0 Å². The van der Waals surface area contributed by atoms with Crippen LogP contribution in [-0.2, 0) is 9.59 Å². The number of nitrogens with zero attached hydrogens (tertiary/aromatic N) is 2. The van der Waals surface area contributed by atoms with E-state index in [1.165, 1.54) is 0 Å². The first kappa shape index (κ1) is 12.4. The summed E-state index contributed by atoms with van der Waals surface area (Å²) in [7, 11) is 0. The fourth-order valence-corrected chi connectivity index (χ4v) is 3.07. The van der Waals surface area contributed by atoms with Crippen LogP contribution in [0.4, 0.5) is 0 Å². The molecule has 17 heavy (non-hydrogen) atoms. The van der Waals surface area contributed by atoms with Gasteiger partial charge in [-0.2, -0.15) is 0 Å². The summed E-state index contributed by atoms with van der Waals surface area (Å²) in [4.78, 5) is 28.5. The van der Waals surface area contributed by atoms with Crippen molar-refractivity contribution in [3.05, 3.63) is 0 Å². The number of fused-ring (bicyclic) bond motifs is 1. The predicted molar refractivity (Wildman–Crippen MR) is 65.3 cm³/mol. The Morgan fingerprint density at radius 1 is 1.12 bits per heavy atom. The Morgan fingerprint density at radius 2 is 1.76 bits per heavy atom. The highest BCUT2D eigenvalue weighted by atomic mass is 16.2. The van der Waals surface area contributed by atoms with Crippen LogP contribution < -0.4 is 0 Å². The molecule has 2 unspecified atom stereocenters. The van der Waals surface area contributed by atoms with Crippen molar-refractivity contribution < 1.29 is 9.59 Å². The van der Waals surface area contributed by atoms with Crippen LogP contribution in [0.1, 0.15) is 40.5 Å². The normalized spacial score (nSPS) is 29.5. The molecule has 2 atom stereocenters. The van der Waals surface area contributed by atoms with Crippen molar-refractivity contribution in [2.75, 3.05) is 6.54 Å². The Kier molecular flexibility index (Phi) is 3.15. The molecule has 4 nitrogen and oxygen atoms in total. The third kappa shape index (κ3) is 1.83. The van der Waals surface area contributed by atoms with Crippen LogP contribution in [0.15, 0.2) is 0 Å². The van der Waals surface area contributed by atoms with Gasteiger partial charge >= 0.3 is 0 Å². The highest BCUT2D eigenvalue weighted by Gasteiger charge is 2.49. The van der Waals surface area contributed by atoms with Crippen molar-refractivity contribution in [1.29, 1.82) is 0 Å². The zero-order chi connectivity index (χ0) is 12.7. The van der Waals surface area contributed by atoms with Gasteiger partial charge in [0.25, 0.3) is 0 Å². The molecule has 2 aliphatic heterocycles. The number of hydrogen-bond acceptors (Lipinski definition) is 2. The van der Waals surface area contributed by atoms with Gasteiger partial charge in [0, 0.05) is 12.6 Å². The van der Waals surface area contributed by atoms with Crippen molar-refractivity contribution in [2.24, 2.45) is 5.92 Å². The highest BCUT2D eigenvalue weighted by molar-refractivity contribution is 5.97. The minimum absolute atomic E-state index is 0.0987. The van der Waals surface area contributed by atoms with E-state index >= 15 is 0 Å². The van der Waals surface area contributed by atoms with E-state index < -0.39 is 0 Å². The van der Waals surface area contributed by atoms with Gasteiger partial charge in [-0.3, -0.25) is 9.59 Å². The van der Waals surface area contributed by atoms with Crippen LogP contribution in [0.2, 0.25) is 0 Å². The number of amides is 2. The summed E-state index contributed by atoms with van der Waals surface area (Å²) in [5.74, 6) is 0.474. The zero-order valence-electron chi connectivity index (χ0n) is 11.1. The molecular weight excluding hydrogens is 216 g/mol. The minimum Gasteiger partial charge on any atom is -0.329 e. The topological polar surface area (TPSA) is 40.6 Å². The second-order valence-corrected chi connectivity index (χ2v) is 5.72. The van der Waals surface area contributed by atoms with Gasteiger partial charge in [-0.25, -0.2) is 0 Å². The van der Waals surface area contributed by atoms with Crippen LogP contribution >= 0.6 is 0 Å². The average Bonchev–Trinajstić information content (AvgIpc) is 2.70. The molecule has 2 rings (SSSR count). The Bertz CT molecular complexity index is 306. The highest BCUT2D eigenvalue weighted by Crippen LogP contribution is 2.30. The fourth-order valence-electron chi connectivity index (χ4n) is 3.07. The molecule has 4 heteroatoms. The third-order valence-electron chi connectivity index (χ3n) is 3.82. The molecule has 0 aromatic rings. The van der Waals surface area contributed by atoms with E-state index in [1.54, 1.807) is 9.80 Å². The van der Waals surface area contributed by atoms with E-state index in [9.17, 15) is 9.59 Å². The smallest absolute Gasteiger partial charge is 0.246 e. The SMILES string of the molecule is CC(C)C1C(=O)N2CCCC2C(=O)N1C(C)C. The molecule has 0 bridgehead atoms. The quantitative estimate of drug-likeness (QED) is 0.726. The minimum atomic E-state index is -0.267. The maximum atomic E-state index is 12.4. The number of hydrogen-bond donors (Lipinski definition) is 0. The Labute approximate surface area is 103 Å². The Morgan fingerprint density at radius 3 is 2.29 bits per heavy atom. The number of rotatable bonds is 2. The second kappa shape index (κ2) is 4.31. The van der Waals surface area contributed by atoms with Gasteiger partial charge in [-0.1, -0.05) is 13.8 Å². The van der Waals surface area contributed by atoms with E-state index in [4.69, 9.17) is 0 Å². The first-order chi connectivity index (χ1) is 7.95. The van der Waals surface area contributed by atoms with Crippen LogP contribution in [0.3, 0.4) is 0 Å². The van der Waals surface area contributed by atoms with E-state index in [-0.39, 0.29) is 35.9 Å². The summed E-state index contributed by atoms with van der Waals surface area (Å²) < 4.78 is 0. The zero-order valence-corrected chi connectivity index (χ0v) is 11.1. The first-order valence-corrected chi connectivity index (χ1v) is 6.57. The number of piperazine rings is 1. The molecule has 2 saturated heterocycles. The van der Waals surface area contributed by atoms with Gasteiger partial charge in [0.2, 0.25) is 11.8 Å². The summed E-state index contributed by atoms with van der Waals surface area (Å²) in [6, 6.07) is -0.349. The van der Waals surface area contributed by atoms with Crippen molar-refractivity contribution in [3.8, 4) is 0 Å². The summed E-state index contributed by atoms with van der Waals surface area (Å²) in [5, 5.41) is 0. The monoisotopic (exact) mass is 238 g/mol. The number of carbonyl (C=O) groups is 2. The number of carbonyl (C=O) groups excluding carboxylic acids is 2. The molecule has 96 valence electrons. The Hall–Kier alpha value is -1.06. The first-order valence-electron chi connectivity index (χ1n) is 6.57. The summed E-state index contributed by atoms with van der Waals surface area (Å²) >= 11 is 0. The van der Waals surface area contributed by atoms with Crippen molar-refractivity contribution in [3.63, 3.8) is 0 Å². The lowest BCUT2D eigenvalue weighted by Crippen LogP contribution is -2.65. The fraction of sp³-hybridized carbons (Fsp3) is 0.846. The van der Waals surface area contributed by atoms with E-state index in [0.29, 0.717) is 0 Å². The van der Waals surface area contributed by atoms with Gasteiger partial charge in [-0.15, -0.1) is 0 Å². The van der Waals surface area contributed by atoms with Gasteiger partial charge in [0.15, 0.2) is 0 Å². The summed E-state index contributed by atoms with van der Waals surface area (Å²) in [6.45, 7) is 8.77. The van der Waals surface area contributed by atoms with E-state index in [2.05, 4.69) is 0 Å². The molecule has 0 aromatic heterocycles. The lowest BCUT2D eigenvalue weighted by molar-refractivity contribution is -0.163. The molecular formula is C13H22N2O2. The lowest BCUT2D eigenvalue weighted by atomic mass is 9.94. The van der Waals surface area contributed by atoms with E-state index in [0.717, 1.165) is 19.4 Å². The standard InChI is InChI=1S/C13H22N2O2/c1-8(2)11-13(17)14-7-5-6-10(14)12(16)15(11)9(3)4/h8-11H,5-7H2,1-4H3. The maximum Gasteiger partial charge on any atom is 0.246 e. The molecule has 0 aliphatic carbocycles. The van der Waals surface area contributed by atoms with Gasteiger partial charge in [-0.05, 0) is 32.6 Å². The second-order valence-electron chi connectivity index (χ2n) is 5.72. The molecule has 2 amide bonds. The maximum absolute atomic E-state index is 12.4. The molecule has 2 aliphatic rings. The Balaban J connectivity index is 2.35. The van der Waals surface area contributed by atoms with Crippen LogP contribution in [0.25, 0.3) is 0 Å².